The molecule has 0 saturated carbocycles. The molecule has 0 N–H and O–H groups in total. The number of ether oxygens (including phenoxy) is 2. The van der Waals surface area contributed by atoms with E-state index >= 15 is 0 Å². The maximum absolute atomic E-state index is 13.2. The number of carbonyl (C=O) groups excluding carboxylic acids is 2. The summed E-state index contributed by atoms with van der Waals surface area (Å²) in [6.45, 7) is 10.7. The highest BCUT2D eigenvalue weighted by Crippen LogP contribution is 2.33. The zero-order valence-corrected chi connectivity index (χ0v) is 19.3. The van der Waals surface area contributed by atoms with Crippen molar-refractivity contribution < 1.29 is 19.1 Å². The Kier molecular flexibility index (Phi) is 6.51. The number of nitrogens with zero attached hydrogens (tertiary/aromatic N) is 2. The van der Waals surface area contributed by atoms with Crippen LogP contribution in [-0.2, 0) is 19.1 Å². The maximum atomic E-state index is 13.2. The van der Waals surface area contributed by atoms with Crippen molar-refractivity contribution in [2.75, 3.05) is 27.4 Å². The highest BCUT2D eigenvalue weighted by molar-refractivity contribution is 6.16. The van der Waals surface area contributed by atoms with Crippen LogP contribution in [0.3, 0.4) is 0 Å². The highest BCUT2D eigenvalue weighted by Gasteiger charge is 2.37. The van der Waals surface area contributed by atoms with Crippen LogP contribution < -0.4 is 0 Å². The molecule has 0 radical (unpaired) electrons. The van der Waals surface area contributed by atoms with Gasteiger partial charge in [0.05, 0.1) is 24.9 Å². The monoisotopic (exact) mass is 422 g/mol. The van der Waals surface area contributed by atoms with Crippen molar-refractivity contribution in [1.29, 1.82) is 0 Å². The van der Waals surface area contributed by atoms with Gasteiger partial charge in [0.1, 0.15) is 0 Å². The van der Waals surface area contributed by atoms with Crippen LogP contribution in [0, 0.1) is 27.7 Å². The van der Waals surface area contributed by atoms with Gasteiger partial charge in [-0.1, -0.05) is 12.1 Å². The van der Waals surface area contributed by atoms with Gasteiger partial charge in [-0.25, -0.2) is 4.79 Å². The molecule has 1 aromatic carbocycles. The van der Waals surface area contributed by atoms with Crippen LogP contribution in [0.25, 0.3) is 11.8 Å². The van der Waals surface area contributed by atoms with Crippen LogP contribution in [-0.4, -0.2) is 48.7 Å². The van der Waals surface area contributed by atoms with E-state index in [2.05, 4.69) is 36.6 Å². The van der Waals surface area contributed by atoms with Crippen molar-refractivity contribution >= 4 is 18.0 Å². The van der Waals surface area contributed by atoms with Crippen molar-refractivity contribution in [2.45, 2.75) is 34.6 Å². The number of allylic oxidation sites excluding steroid dienone is 1. The molecule has 164 valence electrons. The lowest BCUT2D eigenvalue weighted by Gasteiger charge is -2.16. The first-order chi connectivity index (χ1) is 14.7. The molecule has 31 heavy (non-hydrogen) atoms. The number of aryl methyl sites for hydroxylation is 3. The number of carbonyl (C=O) groups is 2. The molecule has 1 aliphatic heterocycles. The van der Waals surface area contributed by atoms with Gasteiger partial charge in [0.25, 0.3) is 5.91 Å². The fraction of sp³-hybridized carbons (Fsp3) is 0.360. The second-order valence-corrected chi connectivity index (χ2v) is 7.91. The zero-order chi connectivity index (χ0) is 22.9. The van der Waals surface area contributed by atoms with Gasteiger partial charge in [-0.15, -0.1) is 0 Å². The van der Waals surface area contributed by atoms with E-state index in [0.29, 0.717) is 30.0 Å². The molecule has 6 heteroatoms. The Morgan fingerprint density at radius 1 is 1.06 bits per heavy atom. The van der Waals surface area contributed by atoms with Crippen LogP contribution in [0.4, 0.5) is 0 Å². The average Bonchev–Trinajstić information content (AvgIpc) is 3.14. The van der Waals surface area contributed by atoms with Gasteiger partial charge < -0.3 is 18.9 Å². The molecule has 0 spiro atoms. The number of esters is 1. The SMILES string of the molecule is COCCN1C(=O)/C(=C/c2cc(C)n(-c3cc(C)ccc3C)c2C)C(C(=O)OC)=C1C. The third-order valence-electron chi connectivity index (χ3n) is 5.80. The Morgan fingerprint density at radius 2 is 1.77 bits per heavy atom. The van der Waals surface area contributed by atoms with Crippen LogP contribution in [0.2, 0.25) is 0 Å². The second-order valence-electron chi connectivity index (χ2n) is 7.91. The van der Waals surface area contributed by atoms with Crippen LogP contribution in [0.5, 0.6) is 0 Å². The standard InChI is InChI=1S/C25H30N2O4/c1-15-8-9-16(2)22(12-15)27-17(3)13-20(18(27)4)14-21-23(25(29)31-7)19(5)26(24(21)28)10-11-30-6/h8-9,12-14H,10-11H2,1-7H3/b21-14+. The Labute approximate surface area is 183 Å². The summed E-state index contributed by atoms with van der Waals surface area (Å²) < 4.78 is 12.3. The van der Waals surface area contributed by atoms with E-state index in [-0.39, 0.29) is 5.91 Å². The Bertz CT molecular complexity index is 1100. The Hall–Kier alpha value is -3.12. The van der Waals surface area contributed by atoms with Crippen LogP contribution in [0.15, 0.2) is 41.1 Å². The Balaban J connectivity index is 2.13. The first kappa shape index (κ1) is 22.6. The minimum atomic E-state index is -0.514. The topological polar surface area (TPSA) is 60.8 Å². The molecule has 0 saturated heterocycles. The van der Waals surface area contributed by atoms with E-state index in [4.69, 9.17) is 9.47 Å². The number of rotatable bonds is 6. The minimum absolute atomic E-state index is 0.216. The van der Waals surface area contributed by atoms with Crippen molar-refractivity contribution in [3.63, 3.8) is 0 Å². The summed E-state index contributed by atoms with van der Waals surface area (Å²) in [6.07, 6.45) is 1.80. The van der Waals surface area contributed by atoms with Gasteiger partial charge >= 0.3 is 5.97 Å². The van der Waals surface area contributed by atoms with Crippen molar-refractivity contribution in [3.8, 4) is 5.69 Å². The number of benzene rings is 1. The van der Waals surface area contributed by atoms with Crippen LogP contribution in [0.1, 0.15) is 35.0 Å². The summed E-state index contributed by atoms with van der Waals surface area (Å²) in [5, 5.41) is 0. The van der Waals surface area contributed by atoms with E-state index in [1.807, 2.05) is 19.9 Å². The molecule has 1 aliphatic rings. The molecular formula is C25H30N2O4. The number of amides is 1. The predicted octanol–water partition coefficient (Wildman–Crippen LogP) is 4.03. The van der Waals surface area contributed by atoms with Gasteiger partial charge in [0.2, 0.25) is 0 Å². The smallest absolute Gasteiger partial charge is 0.340 e. The van der Waals surface area contributed by atoms with E-state index in [1.54, 1.807) is 25.0 Å². The fourth-order valence-corrected chi connectivity index (χ4v) is 4.10. The first-order valence-corrected chi connectivity index (χ1v) is 10.3. The number of methoxy groups -OCH3 is 2. The average molecular weight is 423 g/mol. The van der Waals surface area contributed by atoms with Crippen molar-refractivity contribution in [1.82, 2.24) is 9.47 Å². The van der Waals surface area contributed by atoms with Gasteiger partial charge in [-0.2, -0.15) is 0 Å². The van der Waals surface area contributed by atoms with Gasteiger partial charge in [0.15, 0.2) is 0 Å². The van der Waals surface area contributed by atoms with E-state index < -0.39 is 5.97 Å². The summed E-state index contributed by atoms with van der Waals surface area (Å²) >= 11 is 0. The van der Waals surface area contributed by atoms with Crippen molar-refractivity contribution in [2.24, 2.45) is 0 Å². The summed E-state index contributed by atoms with van der Waals surface area (Å²) in [6, 6.07) is 8.40. The third kappa shape index (κ3) is 4.08. The zero-order valence-electron chi connectivity index (χ0n) is 19.3. The second kappa shape index (κ2) is 8.94. The number of hydrogen-bond donors (Lipinski definition) is 0. The molecule has 0 aliphatic carbocycles. The van der Waals surface area contributed by atoms with E-state index in [1.165, 1.54) is 18.2 Å². The lowest BCUT2D eigenvalue weighted by atomic mass is 10.0. The van der Waals surface area contributed by atoms with Crippen LogP contribution >= 0.6 is 0 Å². The molecule has 1 amide bonds. The molecule has 0 unspecified atom stereocenters. The molecule has 0 bridgehead atoms. The Morgan fingerprint density at radius 3 is 2.42 bits per heavy atom. The normalized spacial score (nSPS) is 15.4. The van der Waals surface area contributed by atoms with Gasteiger partial charge in [0, 0.05) is 36.4 Å². The highest BCUT2D eigenvalue weighted by atomic mass is 16.5. The molecule has 6 nitrogen and oxygen atoms in total. The lowest BCUT2D eigenvalue weighted by Crippen LogP contribution is -2.28. The largest absolute Gasteiger partial charge is 0.465 e. The number of hydrogen-bond acceptors (Lipinski definition) is 4. The van der Waals surface area contributed by atoms with Gasteiger partial charge in [-0.3, -0.25) is 4.79 Å². The summed E-state index contributed by atoms with van der Waals surface area (Å²) in [7, 11) is 2.91. The van der Waals surface area contributed by atoms with Gasteiger partial charge in [-0.05, 0) is 69.5 Å². The number of aromatic nitrogens is 1. The summed E-state index contributed by atoms with van der Waals surface area (Å²) in [4.78, 5) is 27.3. The molecule has 2 aromatic rings. The summed E-state index contributed by atoms with van der Waals surface area (Å²) in [5.41, 5.74) is 7.65. The molecule has 2 heterocycles. The van der Waals surface area contributed by atoms with E-state index in [0.717, 1.165) is 22.6 Å². The molecule has 3 rings (SSSR count). The minimum Gasteiger partial charge on any atom is -0.465 e. The fourth-order valence-electron chi connectivity index (χ4n) is 4.10. The van der Waals surface area contributed by atoms with E-state index in [9.17, 15) is 9.59 Å². The maximum Gasteiger partial charge on any atom is 0.340 e. The molecular weight excluding hydrogens is 392 g/mol. The quantitative estimate of drug-likeness (QED) is 0.521. The molecule has 0 fully saturated rings. The molecule has 1 aromatic heterocycles. The predicted molar refractivity (Wildman–Crippen MR) is 121 cm³/mol. The lowest BCUT2D eigenvalue weighted by molar-refractivity contribution is -0.136. The molecule has 0 atom stereocenters. The summed E-state index contributed by atoms with van der Waals surface area (Å²) in [5.74, 6) is -0.730. The van der Waals surface area contributed by atoms with Crippen molar-refractivity contribution in [3.05, 3.63) is 69.2 Å². The third-order valence-corrected chi connectivity index (χ3v) is 5.80. The first-order valence-electron chi connectivity index (χ1n) is 10.3.